The van der Waals surface area contributed by atoms with E-state index in [0.717, 1.165) is 18.2 Å². The van der Waals surface area contributed by atoms with Crippen LogP contribution < -0.4 is 4.90 Å². The number of nitrogens with zero attached hydrogens (tertiary/aromatic N) is 5. The van der Waals surface area contributed by atoms with Gasteiger partial charge in [0.25, 0.3) is 0 Å². The normalized spacial score (nSPS) is 15.5. The van der Waals surface area contributed by atoms with Crippen molar-refractivity contribution in [2.24, 2.45) is 0 Å². The Bertz CT molecular complexity index is 962. The molecule has 1 saturated heterocycles. The number of pyridine rings is 1. The predicted octanol–water partition coefficient (Wildman–Crippen LogP) is 3.69. The van der Waals surface area contributed by atoms with Crippen molar-refractivity contribution >= 4 is 11.6 Å². The molecule has 0 aromatic carbocycles. The summed E-state index contributed by atoms with van der Waals surface area (Å²) in [6.45, 7) is 4.49. The van der Waals surface area contributed by atoms with E-state index in [-0.39, 0.29) is 7.43 Å². The molecule has 0 atom stereocenters. The minimum atomic E-state index is -4.42. The number of aromatic nitrogens is 4. The van der Waals surface area contributed by atoms with Crippen LogP contribution in [0.1, 0.15) is 12.5 Å². The predicted molar refractivity (Wildman–Crippen MR) is 99.6 cm³/mol. The maximum absolute atomic E-state index is 13.1. The molecule has 0 saturated carbocycles. The summed E-state index contributed by atoms with van der Waals surface area (Å²) in [5, 5.41) is 0. The maximum Gasteiger partial charge on any atom is 0.417 e. The molecule has 29 heavy (non-hydrogen) atoms. The third-order valence-electron chi connectivity index (χ3n) is 4.34. The summed E-state index contributed by atoms with van der Waals surface area (Å²) in [5.41, 5.74) is 0.671. The molecule has 4 rings (SSSR count). The number of hydrogen-bond acceptors (Lipinski definition) is 5. The number of hydrogen-bond donors (Lipinski definition) is 0. The van der Waals surface area contributed by atoms with Crippen LogP contribution in [0.2, 0.25) is 0 Å². The van der Waals surface area contributed by atoms with Gasteiger partial charge in [-0.05, 0) is 18.2 Å². The Morgan fingerprint density at radius 2 is 1.97 bits per heavy atom. The van der Waals surface area contributed by atoms with Crippen LogP contribution in [0.5, 0.6) is 0 Å². The van der Waals surface area contributed by atoms with Crippen LogP contribution in [0.3, 0.4) is 0 Å². The van der Waals surface area contributed by atoms with Gasteiger partial charge in [0.1, 0.15) is 5.65 Å². The summed E-state index contributed by atoms with van der Waals surface area (Å²) in [5.74, 6) is 1.67. The number of rotatable bonds is 2. The summed E-state index contributed by atoms with van der Waals surface area (Å²) in [6.07, 6.45) is -0.264. The molecule has 4 heterocycles. The van der Waals surface area contributed by atoms with E-state index in [1.165, 1.54) is 16.7 Å². The topological polar surface area (TPSA) is 55.5 Å². The standard InChI is InChI=1S/C18H17F3N5O.CH3.Lr/c1-12-9-25(6-7-27-11-12)17-22-5-4-14(24-17)15-8-23-16-3-2-13(10-26(15)16)18(19,20)21;;/h2-5,8,10H,6-7,9,11H2,1H3;1H3;/q2*-1;. The van der Waals surface area contributed by atoms with Crippen molar-refractivity contribution in [3.63, 3.8) is 0 Å². The van der Waals surface area contributed by atoms with E-state index in [1.54, 1.807) is 12.3 Å². The Kier molecular flexibility index (Phi) is 6.06. The van der Waals surface area contributed by atoms with E-state index in [1.807, 2.05) is 11.8 Å². The number of fused-ring (bicyclic) bond motifs is 1. The molecule has 0 N–H and O–H groups in total. The average Bonchev–Trinajstić information content (AvgIpc) is 2.94. The molecule has 1 radical (unpaired) electrons. The first kappa shape index (κ1) is 21.6. The van der Waals surface area contributed by atoms with Crippen molar-refractivity contribution < 1.29 is 17.9 Å². The third-order valence-corrected chi connectivity index (χ3v) is 4.34. The number of halogens is 3. The summed E-state index contributed by atoms with van der Waals surface area (Å²) in [6, 6.07) is 4.03. The van der Waals surface area contributed by atoms with Gasteiger partial charge in [0, 0.05) is 18.9 Å². The van der Waals surface area contributed by atoms with Gasteiger partial charge in [0.05, 0.1) is 29.8 Å². The maximum atomic E-state index is 13.1. The second-order valence-electron chi connectivity index (χ2n) is 6.46. The van der Waals surface area contributed by atoms with Crippen molar-refractivity contribution in [3.05, 3.63) is 55.7 Å². The van der Waals surface area contributed by atoms with Crippen molar-refractivity contribution in [2.75, 3.05) is 31.2 Å². The van der Waals surface area contributed by atoms with Crippen LogP contribution in [0, 0.1) is 13.3 Å². The first-order chi connectivity index (χ1) is 12.9. The van der Waals surface area contributed by atoms with Crippen LogP contribution in [0.4, 0.5) is 19.1 Å². The Morgan fingerprint density at radius 3 is 2.72 bits per heavy atom. The zero-order valence-corrected chi connectivity index (χ0v) is 18.0. The van der Waals surface area contributed by atoms with Gasteiger partial charge in [-0.25, -0.2) is 15.0 Å². The van der Waals surface area contributed by atoms with Crippen molar-refractivity contribution in [3.8, 4) is 11.4 Å². The quantitative estimate of drug-likeness (QED) is 0.396. The van der Waals surface area contributed by atoms with Gasteiger partial charge in [-0.3, -0.25) is 10.3 Å². The molecule has 0 spiro atoms. The van der Waals surface area contributed by atoms with Gasteiger partial charge in [-0.15, -0.1) is 0 Å². The van der Waals surface area contributed by atoms with Gasteiger partial charge in [-0.1, -0.05) is 13.2 Å². The molecule has 0 amide bonds. The van der Waals surface area contributed by atoms with E-state index < -0.39 is 11.7 Å². The van der Waals surface area contributed by atoms with Crippen LogP contribution in [0.15, 0.2) is 36.8 Å². The summed E-state index contributed by atoms with van der Waals surface area (Å²) >= 11 is 0. The zero-order chi connectivity index (χ0) is 19.0. The molecule has 1 aliphatic heterocycles. The minimum Gasteiger partial charge on any atom is -0.411 e. The zero-order valence-electron chi connectivity index (χ0n) is 15.8. The van der Waals surface area contributed by atoms with Crippen molar-refractivity contribution in [1.29, 1.82) is 0 Å². The second kappa shape index (κ2) is 8.14. The SMILES string of the molecule is C[C-]1COCCN(c2nccc(-c3cnc4ccc(C(F)(F)F)cn34)n2)C1.[CH3-].[Lr]. The first-order valence-electron chi connectivity index (χ1n) is 8.43. The number of anilines is 1. The molecule has 0 aliphatic carbocycles. The van der Waals surface area contributed by atoms with Crippen LogP contribution >= 0.6 is 0 Å². The van der Waals surface area contributed by atoms with Gasteiger partial charge in [-0.2, -0.15) is 20.1 Å². The van der Waals surface area contributed by atoms with Crippen LogP contribution in [-0.2, 0) is 10.9 Å². The largest absolute Gasteiger partial charge is 0.417 e. The molecule has 6 nitrogen and oxygen atoms in total. The van der Waals surface area contributed by atoms with Crippen LogP contribution in [-0.4, -0.2) is 45.7 Å². The molecular weight excluding hydrogens is 633 g/mol. The monoisotopic (exact) mass is 653 g/mol. The number of alkyl halides is 3. The van der Waals surface area contributed by atoms with E-state index >= 15 is 0 Å². The smallest absolute Gasteiger partial charge is 0.411 e. The second-order valence-corrected chi connectivity index (χ2v) is 6.46. The van der Waals surface area contributed by atoms with Gasteiger partial charge in [0.2, 0.25) is 5.95 Å². The third kappa shape index (κ3) is 4.26. The summed E-state index contributed by atoms with van der Waals surface area (Å²) in [4.78, 5) is 15.1. The molecule has 3 aromatic heterocycles. The van der Waals surface area contributed by atoms with E-state index in [0.29, 0.717) is 49.3 Å². The van der Waals surface area contributed by atoms with Gasteiger partial charge >= 0.3 is 6.18 Å². The van der Waals surface area contributed by atoms with Gasteiger partial charge in [0.15, 0.2) is 0 Å². The molecule has 0 unspecified atom stereocenters. The van der Waals surface area contributed by atoms with Crippen LogP contribution in [0.25, 0.3) is 17.0 Å². The Labute approximate surface area is 161 Å². The fourth-order valence-corrected chi connectivity index (χ4v) is 3.02. The first-order valence-corrected chi connectivity index (χ1v) is 8.43. The summed E-state index contributed by atoms with van der Waals surface area (Å²) in [7, 11) is 0. The molecule has 10 heteroatoms. The number of imidazole rings is 1. The summed E-state index contributed by atoms with van der Waals surface area (Å²) < 4.78 is 46.1. The van der Waals surface area contributed by atoms with E-state index in [4.69, 9.17) is 4.74 Å². The van der Waals surface area contributed by atoms with E-state index in [2.05, 4.69) is 15.0 Å². The van der Waals surface area contributed by atoms with E-state index in [9.17, 15) is 13.2 Å². The fourth-order valence-electron chi connectivity index (χ4n) is 3.02. The minimum absolute atomic E-state index is 0. The Morgan fingerprint density at radius 1 is 1.17 bits per heavy atom. The van der Waals surface area contributed by atoms with Crippen molar-refractivity contribution in [2.45, 2.75) is 13.1 Å². The number of ether oxygens (including phenoxy) is 1. The Balaban J connectivity index is 0.00000150. The fraction of sp³-hybridized carbons (Fsp3) is 0.316. The molecule has 1 aliphatic rings. The molecule has 0 bridgehead atoms. The average molecular weight is 653 g/mol. The molecule has 3 aromatic rings. The molecule has 165 valence electrons. The van der Waals surface area contributed by atoms with Crippen molar-refractivity contribution in [1.82, 2.24) is 19.4 Å². The molecular formula is C19H20F3LrN5O-2. The Hall–Kier alpha value is -3.68. The van der Waals surface area contributed by atoms with Gasteiger partial charge < -0.3 is 17.1 Å². The molecule has 1 fully saturated rings.